The highest BCUT2D eigenvalue weighted by Gasteiger charge is 2.14. The topological polar surface area (TPSA) is 38.3 Å². The predicted molar refractivity (Wildman–Crippen MR) is 108 cm³/mol. The molecule has 0 unspecified atom stereocenters. The van der Waals surface area contributed by atoms with Crippen LogP contribution in [0.25, 0.3) is 0 Å². The zero-order chi connectivity index (χ0) is 18.4. The number of thioether (sulfide) groups is 1. The molecular weight excluding hydrogens is 342 g/mol. The van der Waals surface area contributed by atoms with E-state index in [1.807, 2.05) is 78.9 Å². The molecule has 3 aromatic carbocycles. The van der Waals surface area contributed by atoms with Crippen molar-refractivity contribution in [1.29, 1.82) is 0 Å². The number of carbonyl (C=O) groups excluding carboxylic acids is 1. The number of amides is 1. The van der Waals surface area contributed by atoms with Gasteiger partial charge < -0.3 is 10.1 Å². The van der Waals surface area contributed by atoms with E-state index in [1.165, 1.54) is 0 Å². The Balaban J connectivity index is 1.83. The molecule has 1 N–H and O–H groups in total. The molecule has 3 nitrogen and oxygen atoms in total. The van der Waals surface area contributed by atoms with Crippen LogP contribution in [0.4, 0.5) is 5.69 Å². The Morgan fingerprint density at radius 2 is 1.54 bits per heavy atom. The zero-order valence-electron chi connectivity index (χ0n) is 14.8. The van der Waals surface area contributed by atoms with Crippen LogP contribution in [0.2, 0.25) is 0 Å². The third kappa shape index (κ3) is 4.67. The van der Waals surface area contributed by atoms with E-state index >= 15 is 0 Å². The fraction of sp³-hybridized carbons (Fsp3) is 0.136. The minimum absolute atomic E-state index is 0.141. The fourth-order valence-corrected chi connectivity index (χ4v) is 3.43. The van der Waals surface area contributed by atoms with Crippen LogP contribution in [-0.4, -0.2) is 11.2 Å². The van der Waals surface area contributed by atoms with Crippen LogP contribution < -0.4 is 10.1 Å². The Kier molecular flexibility index (Phi) is 5.97. The highest BCUT2D eigenvalue weighted by molar-refractivity contribution is 8.00. The van der Waals surface area contributed by atoms with E-state index in [0.717, 1.165) is 10.6 Å². The molecule has 0 aliphatic heterocycles. The van der Waals surface area contributed by atoms with Gasteiger partial charge in [0.05, 0.1) is 11.3 Å². The van der Waals surface area contributed by atoms with E-state index < -0.39 is 0 Å². The van der Waals surface area contributed by atoms with E-state index in [0.29, 0.717) is 22.3 Å². The summed E-state index contributed by atoms with van der Waals surface area (Å²) in [6.07, 6.45) is 0. The Bertz CT molecular complexity index is 878. The first-order valence-electron chi connectivity index (χ1n) is 8.52. The maximum atomic E-state index is 12.8. The lowest BCUT2D eigenvalue weighted by Gasteiger charge is -2.14. The van der Waals surface area contributed by atoms with Crippen molar-refractivity contribution in [1.82, 2.24) is 0 Å². The molecule has 0 spiro atoms. The van der Waals surface area contributed by atoms with Crippen LogP contribution in [0.3, 0.4) is 0 Å². The van der Waals surface area contributed by atoms with Gasteiger partial charge in [-0.2, -0.15) is 0 Å². The molecule has 0 fully saturated rings. The second kappa shape index (κ2) is 8.59. The average Bonchev–Trinajstić information content (AvgIpc) is 2.64. The standard InChI is InChI=1S/C22H21NO2S/c1-16(2)26-21-15-9-6-12-18(21)22(24)23-19-13-7-8-14-20(19)25-17-10-4-3-5-11-17/h3-16H,1-2H3,(H,23,24). The number of nitrogens with one attached hydrogen (secondary N) is 1. The number of ether oxygens (including phenoxy) is 1. The third-order valence-electron chi connectivity index (χ3n) is 3.60. The number of anilines is 1. The van der Waals surface area contributed by atoms with Crippen LogP contribution in [0.15, 0.2) is 83.8 Å². The second-order valence-electron chi connectivity index (χ2n) is 6.03. The first kappa shape index (κ1) is 18.1. The molecule has 0 bridgehead atoms. The van der Waals surface area contributed by atoms with Crippen molar-refractivity contribution < 1.29 is 9.53 Å². The van der Waals surface area contributed by atoms with Gasteiger partial charge in [-0.15, -0.1) is 11.8 Å². The van der Waals surface area contributed by atoms with Gasteiger partial charge in [0.25, 0.3) is 5.91 Å². The molecule has 0 aliphatic carbocycles. The first-order chi connectivity index (χ1) is 12.6. The van der Waals surface area contributed by atoms with Crippen molar-refractivity contribution in [3.8, 4) is 11.5 Å². The summed E-state index contributed by atoms with van der Waals surface area (Å²) in [6.45, 7) is 4.23. The van der Waals surface area contributed by atoms with Gasteiger partial charge in [-0.3, -0.25) is 4.79 Å². The number of para-hydroxylation sites is 3. The van der Waals surface area contributed by atoms with Gasteiger partial charge >= 0.3 is 0 Å². The second-order valence-corrected chi connectivity index (χ2v) is 7.65. The molecule has 0 atom stereocenters. The van der Waals surface area contributed by atoms with Crippen molar-refractivity contribution in [3.63, 3.8) is 0 Å². The molecular formula is C22H21NO2S. The molecule has 3 rings (SSSR count). The minimum atomic E-state index is -0.141. The van der Waals surface area contributed by atoms with Gasteiger partial charge in [-0.1, -0.05) is 56.3 Å². The zero-order valence-corrected chi connectivity index (χ0v) is 15.6. The van der Waals surface area contributed by atoms with Gasteiger partial charge in [0.2, 0.25) is 0 Å². The SMILES string of the molecule is CC(C)Sc1ccccc1C(=O)Nc1ccccc1Oc1ccccc1. The van der Waals surface area contributed by atoms with Crippen LogP contribution in [0.1, 0.15) is 24.2 Å². The molecule has 0 saturated heterocycles. The quantitative estimate of drug-likeness (QED) is 0.527. The van der Waals surface area contributed by atoms with E-state index in [1.54, 1.807) is 11.8 Å². The van der Waals surface area contributed by atoms with Crippen LogP contribution in [0, 0.1) is 0 Å². The molecule has 1 amide bonds. The van der Waals surface area contributed by atoms with Gasteiger partial charge in [-0.25, -0.2) is 0 Å². The normalized spacial score (nSPS) is 10.6. The largest absolute Gasteiger partial charge is 0.455 e. The highest BCUT2D eigenvalue weighted by Crippen LogP contribution is 2.31. The number of benzene rings is 3. The summed E-state index contributed by atoms with van der Waals surface area (Å²) in [4.78, 5) is 13.8. The van der Waals surface area contributed by atoms with E-state index in [9.17, 15) is 4.79 Å². The lowest BCUT2D eigenvalue weighted by molar-refractivity contribution is 0.102. The minimum Gasteiger partial charge on any atom is -0.455 e. The Morgan fingerprint density at radius 3 is 2.31 bits per heavy atom. The summed E-state index contributed by atoms with van der Waals surface area (Å²) in [5.74, 6) is 1.20. The van der Waals surface area contributed by atoms with E-state index in [4.69, 9.17) is 4.74 Å². The van der Waals surface area contributed by atoms with Crippen molar-refractivity contribution in [2.75, 3.05) is 5.32 Å². The molecule has 0 saturated carbocycles. The summed E-state index contributed by atoms with van der Waals surface area (Å²) < 4.78 is 5.92. The molecule has 0 radical (unpaired) electrons. The van der Waals surface area contributed by atoms with Gasteiger partial charge in [0.1, 0.15) is 5.75 Å². The molecule has 0 aromatic heterocycles. The molecule has 0 aliphatic rings. The molecule has 132 valence electrons. The van der Waals surface area contributed by atoms with Crippen molar-refractivity contribution in [3.05, 3.63) is 84.4 Å². The van der Waals surface area contributed by atoms with Crippen molar-refractivity contribution in [2.45, 2.75) is 24.0 Å². The van der Waals surface area contributed by atoms with Crippen LogP contribution in [-0.2, 0) is 0 Å². The lowest BCUT2D eigenvalue weighted by Crippen LogP contribution is -2.14. The van der Waals surface area contributed by atoms with Crippen molar-refractivity contribution in [2.24, 2.45) is 0 Å². The molecule has 4 heteroatoms. The smallest absolute Gasteiger partial charge is 0.256 e. The third-order valence-corrected chi connectivity index (χ3v) is 4.68. The lowest BCUT2D eigenvalue weighted by atomic mass is 10.2. The average molecular weight is 363 g/mol. The summed E-state index contributed by atoms with van der Waals surface area (Å²) in [5.41, 5.74) is 1.31. The van der Waals surface area contributed by atoms with Crippen molar-refractivity contribution >= 4 is 23.4 Å². The Hall–Kier alpha value is -2.72. The van der Waals surface area contributed by atoms with Gasteiger partial charge in [0, 0.05) is 10.1 Å². The maximum Gasteiger partial charge on any atom is 0.256 e. The Labute approximate surface area is 158 Å². The van der Waals surface area contributed by atoms with Gasteiger partial charge in [-0.05, 0) is 36.4 Å². The number of hydrogen-bond acceptors (Lipinski definition) is 3. The monoisotopic (exact) mass is 363 g/mol. The fourth-order valence-electron chi connectivity index (χ4n) is 2.47. The molecule has 0 heterocycles. The molecule has 3 aromatic rings. The number of rotatable bonds is 6. The van der Waals surface area contributed by atoms with Crippen LogP contribution in [0.5, 0.6) is 11.5 Å². The molecule has 26 heavy (non-hydrogen) atoms. The first-order valence-corrected chi connectivity index (χ1v) is 9.40. The summed E-state index contributed by atoms with van der Waals surface area (Å²) in [5, 5.41) is 3.38. The summed E-state index contributed by atoms with van der Waals surface area (Å²) in [7, 11) is 0. The van der Waals surface area contributed by atoms with E-state index in [-0.39, 0.29) is 5.91 Å². The summed E-state index contributed by atoms with van der Waals surface area (Å²) >= 11 is 1.68. The Morgan fingerprint density at radius 1 is 0.885 bits per heavy atom. The van der Waals surface area contributed by atoms with E-state index in [2.05, 4.69) is 19.2 Å². The highest BCUT2D eigenvalue weighted by atomic mass is 32.2. The van der Waals surface area contributed by atoms with Crippen LogP contribution >= 0.6 is 11.8 Å². The maximum absolute atomic E-state index is 12.8. The van der Waals surface area contributed by atoms with Gasteiger partial charge in [0.15, 0.2) is 5.75 Å². The number of carbonyl (C=O) groups is 1. The summed E-state index contributed by atoms with van der Waals surface area (Å²) in [6, 6.07) is 24.6. The number of hydrogen-bond donors (Lipinski definition) is 1. The predicted octanol–water partition coefficient (Wildman–Crippen LogP) is 6.23.